The van der Waals surface area contributed by atoms with Gasteiger partial charge in [0.2, 0.25) is 5.91 Å². The number of hydrogen-bond acceptors (Lipinski definition) is 3. The molecule has 86 valence electrons. The zero-order valence-corrected chi connectivity index (χ0v) is 10.3. The summed E-state index contributed by atoms with van der Waals surface area (Å²) in [7, 11) is 0. The first kappa shape index (κ1) is 11.4. The molecule has 1 aromatic rings. The molecule has 0 saturated carbocycles. The van der Waals surface area contributed by atoms with Crippen molar-refractivity contribution in [2.45, 2.75) is 6.61 Å². The molecule has 2 N–H and O–H groups in total. The Hall–Kier alpha value is -1.07. The van der Waals surface area contributed by atoms with Gasteiger partial charge in [0.25, 0.3) is 0 Å². The molecular weight excluding hydrogens is 272 g/mol. The van der Waals surface area contributed by atoms with Crippen LogP contribution in [0.2, 0.25) is 0 Å². The molecule has 1 aliphatic heterocycles. The van der Waals surface area contributed by atoms with Crippen molar-refractivity contribution in [3.8, 4) is 0 Å². The molecule has 0 radical (unpaired) electrons. The molecule has 5 heteroatoms. The van der Waals surface area contributed by atoms with Gasteiger partial charge in [-0.3, -0.25) is 4.79 Å². The molecular formula is C11H13BrN2O2. The Balaban J connectivity index is 2.22. The van der Waals surface area contributed by atoms with E-state index in [0.717, 1.165) is 22.3 Å². The second kappa shape index (κ2) is 4.84. The first-order chi connectivity index (χ1) is 7.70. The predicted molar refractivity (Wildman–Crippen MR) is 65.3 cm³/mol. The average molecular weight is 285 g/mol. The monoisotopic (exact) mass is 284 g/mol. The van der Waals surface area contributed by atoms with Gasteiger partial charge in [0.1, 0.15) is 0 Å². The van der Waals surface area contributed by atoms with E-state index in [1.54, 1.807) is 0 Å². The highest BCUT2D eigenvalue weighted by atomic mass is 79.9. The lowest BCUT2D eigenvalue weighted by Crippen LogP contribution is -2.47. The Morgan fingerprint density at radius 3 is 2.94 bits per heavy atom. The van der Waals surface area contributed by atoms with Crippen LogP contribution in [0.25, 0.3) is 0 Å². The molecule has 1 aliphatic rings. The molecule has 1 aromatic carbocycles. The zero-order valence-electron chi connectivity index (χ0n) is 8.74. The van der Waals surface area contributed by atoms with Crippen molar-refractivity contribution in [1.82, 2.24) is 5.32 Å². The summed E-state index contributed by atoms with van der Waals surface area (Å²) < 4.78 is 0.911. The number of nitrogens with zero attached hydrogens (tertiary/aromatic N) is 1. The van der Waals surface area contributed by atoms with E-state index < -0.39 is 0 Å². The number of aliphatic hydroxyl groups excluding tert-OH is 1. The summed E-state index contributed by atoms with van der Waals surface area (Å²) in [4.78, 5) is 13.3. The van der Waals surface area contributed by atoms with Crippen molar-refractivity contribution < 1.29 is 9.90 Å². The molecule has 0 unspecified atom stereocenters. The maximum atomic E-state index is 11.3. The van der Waals surface area contributed by atoms with Crippen LogP contribution in [0.5, 0.6) is 0 Å². The highest BCUT2D eigenvalue weighted by molar-refractivity contribution is 9.10. The minimum atomic E-state index is 0.0271. The van der Waals surface area contributed by atoms with E-state index in [2.05, 4.69) is 21.2 Å². The van der Waals surface area contributed by atoms with Gasteiger partial charge in [0.15, 0.2) is 0 Å². The number of aliphatic hydroxyl groups is 1. The lowest BCUT2D eigenvalue weighted by Gasteiger charge is -2.29. The summed E-state index contributed by atoms with van der Waals surface area (Å²) >= 11 is 3.46. The predicted octanol–water partition coefficient (Wildman–Crippen LogP) is 0.878. The number of hydrogen-bond donors (Lipinski definition) is 2. The molecule has 0 aromatic heterocycles. The average Bonchev–Trinajstić information content (AvgIpc) is 2.28. The fraction of sp³-hybridized carbons (Fsp3) is 0.364. The molecule has 0 spiro atoms. The first-order valence-electron chi connectivity index (χ1n) is 5.11. The molecule has 0 atom stereocenters. The van der Waals surface area contributed by atoms with Crippen molar-refractivity contribution >= 4 is 27.5 Å². The van der Waals surface area contributed by atoms with Crippen LogP contribution in [-0.4, -0.2) is 30.6 Å². The fourth-order valence-electron chi connectivity index (χ4n) is 1.75. The van der Waals surface area contributed by atoms with Gasteiger partial charge in [-0.25, -0.2) is 0 Å². The SMILES string of the molecule is O=C1CN(c2ccc(CO)cc2Br)CCN1. The molecule has 2 rings (SSSR count). The number of anilines is 1. The van der Waals surface area contributed by atoms with Gasteiger partial charge >= 0.3 is 0 Å². The van der Waals surface area contributed by atoms with E-state index in [0.29, 0.717) is 13.1 Å². The van der Waals surface area contributed by atoms with Crippen molar-refractivity contribution in [3.63, 3.8) is 0 Å². The van der Waals surface area contributed by atoms with Gasteiger partial charge in [0.05, 0.1) is 18.8 Å². The lowest BCUT2D eigenvalue weighted by atomic mass is 10.2. The Kier molecular flexibility index (Phi) is 3.46. The van der Waals surface area contributed by atoms with Gasteiger partial charge in [-0.1, -0.05) is 6.07 Å². The maximum Gasteiger partial charge on any atom is 0.239 e. The molecule has 16 heavy (non-hydrogen) atoms. The second-order valence-electron chi connectivity index (χ2n) is 3.72. The van der Waals surface area contributed by atoms with Crippen LogP contribution in [0.4, 0.5) is 5.69 Å². The van der Waals surface area contributed by atoms with Gasteiger partial charge in [-0.05, 0) is 33.6 Å². The van der Waals surface area contributed by atoms with Crippen molar-refractivity contribution in [2.24, 2.45) is 0 Å². The number of benzene rings is 1. The topological polar surface area (TPSA) is 52.6 Å². The number of rotatable bonds is 2. The van der Waals surface area contributed by atoms with Crippen molar-refractivity contribution in [1.29, 1.82) is 0 Å². The molecule has 1 heterocycles. The summed E-state index contributed by atoms with van der Waals surface area (Å²) in [5.74, 6) is 0.0457. The molecule has 4 nitrogen and oxygen atoms in total. The molecule has 0 bridgehead atoms. The second-order valence-corrected chi connectivity index (χ2v) is 4.57. The summed E-state index contributed by atoms with van der Waals surface area (Å²) in [6.45, 7) is 1.90. The lowest BCUT2D eigenvalue weighted by molar-refractivity contribution is -0.120. The number of amides is 1. The van der Waals surface area contributed by atoms with Crippen LogP contribution < -0.4 is 10.2 Å². The number of nitrogens with one attached hydrogen (secondary N) is 1. The molecule has 1 saturated heterocycles. The van der Waals surface area contributed by atoms with Crippen LogP contribution in [0, 0.1) is 0 Å². The van der Waals surface area contributed by atoms with Crippen molar-refractivity contribution in [2.75, 3.05) is 24.5 Å². The Labute approximate surface area is 102 Å². The number of carbonyl (C=O) groups is 1. The van der Waals surface area contributed by atoms with Gasteiger partial charge in [-0.15, -0.1) is 0 Å². The van der Waals surface area contributed by atoms with E-state index >= 15 is 0 Å². The van der Waals surface area contributed by atoms with E-state index in [-0.39, 0.29) is 12.5 Å². The van der Waals surface area contributed by atoms with E-state index in [4.69, 9.17) is 5.11 Å². The summed E-state index contributed by atoms with van der Waals surface area (Å²) in [5.41, 5.74) is 1.85. The van der Waals surface area contributed by atoms with Gasteiger partial charge in [0, 0.05) is 17.6 Å². The zero-order chi connectivity index (χ0) is 11.5. The number of halogens is 1. The van der Waals surface area contributed by atoms with E-state index in [1.165, 1.54) is 0 Å². The Bertz CT molecular complexity index is 409. The first-order valence-corrected chi connectivity index (χ1v) is 5.91. The minimum absolute atomic E-state index is 0.0271. The van der Waals surface area contributed by atoms with E-state index in [9.17, 15) is 4.79 Å². The third kappa shape index (κ3) is 2.36. The standard InChI is InChI=1S/C11H13BrN2O2/c12-9-5-8(7-15)1-2-10(9)14-4-3-13-11(16)6-14/h1-2,5,15H,3-4,6-7H2,(H,13,16). The smallest absolute Gasteiger partial charge is 0.239 e. The van der Waals surface area contributed by atoms with Gasteiger partial charge in [-0.2, -0.15) is 0 Å². The molecule has 0 aliphatic carbocycles. The third-order valence-electron chi connectivity index (χ3n) is 2.57. The highest BCUT2D eigenvalue weighted by Crippen LogP contribution is 2.27. The van der Waals surface area contributed by atoms with Crippen LogP contribution in [0.3, 0.4) is 0 Å². The summed E-state index contributed by atoms with van der Waals surface area (Å²) in [5, 5.41) is 11.8. The van der Waals surface area contributed by atoms with Crippen LogP contribution in [0.15, 0.2) is 22.7 Å². The third-order valence-corrected chi connectivity index (χ3v) is 3.21. The fourth-order valence-corrected chi connectivity index (χ4v) is 2.43. The minimum Gasteiger partial charge on any atom is -0.392 e. The van der Waals surface area contributed by atoms with Crippen LogP contribution in [-0.2, 0) is 11.4 Å². The summed E-state index contributed by atoms with van der Waals surface area (Å²) in [6.07, 6.45) is 0. The van der Waals surface area contributed by atoms with Crippen LogP contribution >= 0.6 is 15.9 Å². The molecule has 1 fully saturated rings. The molecule has 1 amide bonds. The Morgan fingerprint density at radius 1 is 1.50 bits per heavy atom. The highest BCUT2D eigenvalue weighted by Gasteiger charge is 2.18. The largest absolute Gasteiger partial charge is 0.392 e. The number of piperazine rings is 1. The Morgan fingerprint density at radius 2 is 2.31 bits per heavy atom. The normalized spacial score (nSPS) is 16.1. The van der Waals surface area contributed by atoms with Crippen molar-refractivity contribution in [3.05, 3.63) is 28.2 Å². The maximum absolute atomic E-state index is 11.3. The quantitative estimate of drug-likeness (QED) is 0.848. The van der Waals surface area contributed by atoms with Gasteiger partial charge < -0.3 is 15.3 Å². The van der Waals surface area contributed by atoms with Crippen LogP contribution in [0.1, 0.15) is 5.56 Å². The number of carbonyl (C=O) groups excluding carboxylic acids is 1. The van der Waals surface area contributed by atoms with E-state index in [1.807, 2.05) is 23.1 Å². The summed E-state index contributed by atoms with van der Waals surface area (Å²) in [6, 6.07) is 5.67.